The predicted octanol–water partition coefficient (Wildman–Crippen LogP) is 1.43. The van der Waals surface area contributed by atoms with E-state index in [1.165, 1.54) is 4.90 Å². The molecule has 2 heterocycles. The summed E-state index contributed by atoms with van der Waals surface area (Å²) in [6.07, 6.45) is 1.57. The van der Waals surface area contributed by atoms with E-state index in [-0.39, 0.29) is 26.1 Å². The van der Waals surface area contributed by atoms with Crippen molar-refractivity contribution in [2.45, 2.75) is 19.6 Å². The number of Topliss-reactive ketones (excluding diaryl/α,β-unsaturated/α-hetero) is 1. The van der Waals surface area contributed by atoms with E-state index in [4.69, 9.17) is 21.4 Å². The van der Waals surface area contributed by atoms with Crippen molar-refractivity contribution >= 4 is 35.2 Å². The van der Waals surface area contributed by atoms with Gasteiger partial charge >= 0.3 is 5.97 Å². The summed E-state index contributed by atoms with van der Waals surface area (Å²) in [4.78, 5) is 53.0. The van der Waals surface area contributed by atoms with Crippen molar-refractivity contribution in [3.63, 3.8) is 0 Å². The number of halogens is 1. The minimum atomic E-state index is -1.51. The van der Waals surface area contributed by atoms with Crippen LogP contribution in [-0.4, -0.2) is 51.6 Å². The Morgan fingerprint density at radius 1 is 1.19 bits per heavy atom. The number of carboxylic acid groups (broad SMARTS) is 1. The third-order valence-electron chi connectivity index (χ3n) is 4.66. The van der Waals surface area contributed by atoms with Gasteiger partial charge in [-0.25, -0.2) is 0 Å². The van der Waals surface area contributed by atoms with Gasteiger partial charge in [0.25, 0.3) is 0 Å². The Hall–Kier alpha value is -3.46. The fourth-order valence-corrected chi connectivity index (χ4v) is 3.17. The molecule has 0 radical (unpaired) electrons. The van der Waals surface area contributed by atoms with Crippen LogP contribution in [0.2, 0.25) is 5.02 Å². The van der Waals surface area contributed by atoms with Gasteiger partial charge in [-0.1, -0.05) is 23.7 Å². The Labute approximate surface area is 183 Å². The van der Waals surface area contributed by atoms with Crippen molar-refractivity contribution in [2.24, 2.45) is 5.92 Å². The lowest BCUT2D eigenvalue weighted by atomic mass is 9.94. The molecule has 1 aliphatic heterocycles. The maximum absolute atomic E-state index is 12.6. The highest BCUT2D eigenvalue weighted by Gasteiger charge is 2.40. The number of benzene rings is 1. The van der Waals surface area contributed by atoms with Crippen molar-refractivity contribution in [1.29, 1.82) is 0 Å². The molecule has 0 spiro atoms. The van der Waals surface area contributed by atoms with E-state index in [1.54, 1.807) is 42.6 Å². The number of ketones is 1. The van der Waals surface area contributed by atoms with Gasteiger partial charge in [-0.3, -0.25) is 24.2 Å². The second-order valence-corrected chi connectivity index (χ2v) is 7.36. The number of carbonyl (C=O) groups is 4. The Balaban J connectivity index is 1.57. The molecule has 1 saturated heterocycles. The number of carboxylic acids is 1. The molecule has 1 fully saturated rings. The zero-order chi connectivity index (χ0) is 22.4. The summed E-state index contributed by atoms with van der Waals surface area (Å²) in [6, 6.07) is 10.6. The summed E-state index contributed by atoms with van der Waals surface area (Å²) in [7, 11) is 0. The molecule has 9 nitrogen and oxygen atoms in total. The van der Waals surface area contributed by atoms with Crippen LogP contribution >= 0.6 is 11.6 Å². The molecule has 10 heteroatoms. The largest absolute Gasteiger partial charge is 0.487 e. The van der Waals surface area contributed by atoms with Gasteiger partial charge in [0.05, 0.1) is 10.7 Å². The normalized spacial score (nSPS) is 16.2. The van der Waals surface area contributed by atoms with E-state index in [9.17, 15) is 19.2 Å². The van der Waals surface area contributed by atoms with Crippen molar-refractivity contribution in [3.05, 3.63) is 58.9 Å². The standard InChI is InChI=1S/C21H20ClN3O6/c22-14-3-4-15(23-9-14)12-31-16-5-1-13(2-6-16)11-25-8-7-17(26)19(21(25)30)20(29)24-10-18(27)28/h1-6,9,19H,7-8,10-12H2,(H,24,29)(H,27,28). The molecule has 2 N–H and O–H groups in total. The SMILES string of the molecule is O=C(O)CNC(=O)C1C(=O)CCN(Cc2ccc(OCc3ccc(Cl)cn3)cc2)C1=O. The fraction of sp³-hybridized carbons (Fsp3) is 0.286. The van der Waals surface area contributed by atoms with Crippen molar-refractivity contribution in [3.8, 4) is 5.75 Å². The number of ether oxygens (including phenoxy) is 1. The number of carbonyl (C=O) groups excluding carboxylic acids is 3. The van der Waals surface area contributed by atoms with Crippen LogP contribution in [0, 0.1) is 5.92 Å². The lowest BCUT2D eigenvalue weighted by Gasteiger charge is -2.30. The van der Waals surface area contributed by atoms with Gasteiger partial charge in [0.15, 0.2) is 11.7 Å². The topological polar surface area (TPSA) is 126 Å². The van der Waals surface area contributed by atoms with Crippen LogP contribution in [0.5, 0.6) is 5.75 Å². The molecule has 1 aromatic heterocycles. The summed E-state index contributed by atoms with van der Waals surface area (Å²) in [6.45, 7) is 0.0357. The number of amides is 2. The van der Waals surface area contributed by atoms with Crippen LogP contribution in [0.15, 0.2) is 42.6 Å². The molecular weight excluding hydrogens is 426 g/mol. The van der Waals surface area contributed by atoms with E-state index in [1.807, 2.05) is 0 Å². The van der Waals surface area contributed by atoms with Gasteiger partial charge < -0.3 is 20.1 Å². The van der Waals surface area contributed by atoms with Crippen molar-refractivity contribution in [1.82, 2.24) is 15.2 Å². The first-order chi connectivity index (χ1) is 14.8. The molecule has 0 bridgehead atoms. The predicted molar refractivity (Wildman–Crippen MR) is 109 cm³/mol. The first-order valence-electron chi connectivity index (χ1n) is 9.46. The summed E-state index contributed by atoms with van der Waals surface area (Å²) in [5, 5.41) is 11.3. The number of pyridine rings is 1. The molecule has 31 heavy (non-hydrogen) atoms. The molecule has 1 unspecified atom stereocenters. The van der Waals surface area contributed by atoms with Crippen LogP contribution in [0.3, 0.4) is 0 Å². The van der Waals surface area contributed by atoms with E-state index in [0.29, 0.717) is 10.8 Å². The molecule has 3 rings (SSSR count). The van der Waals surface area contributed by atoms with Gasteiger partial charge in [0.2, 0.25) is 11.8 Å². The smallest absolute Gasteiger partial charge is 0.322 e. The highest BCUT2D eigenvalue weighted by molar-refractivity contribution is 6.30. The van der Waals surface area contributed by atoms with Crippen LogP contribution in [0.4, 0.5) is 0 Å². The van der Waals surface area contributed by atoms with Gasteiger partial charge in [-0.05, 0) is 29.8 Å². The molecule has 0 aliphatic carbocycles. The molecule has 2 aromatic rings. The summed E-state index contributed by atoms with van der Waals surface area (Å²) < 4.78 is 5.68. The van der Waals surface area contributed by atoms with Crippen LogP contribution in [0.25, 0.3) is 0 Å². The van der Waals surface area contributed by atoms with E-state index >= 15 is 0 Å². The minimum absolute atomic E-state index is 0.0339. The average molecular weight is 446 g/mol. The van der Waals surface area contributed by atoms with Crippen LogP contribution < -0.4 is 10.1 Å². The van der Waals surface area contributed by atoms with Gasteiger partial charge in [-0.2, -0.15) is 0 Å². The first kappa shape index (κ1) is 22.2. The van der Waals surface area contributed by atoms with Gasteiger partial charge in [0.1, 0.15) is 18.9 Å². The van der Waals surface area contributed by atoms with E-state index in [0.717, 1.165) is 11.3 Å². The number of nitrogens with one attached hydrogen (secondary N) is 1. The van der Waals surface area contributed by atoms with Crippen LogP contribution in [-0.2, 0) is 32.3 Å². The second-order valence-electron chi connectivity index (χ2n) is 6.92. The molecule has 162 valence electrons. The Kier molecular flexibility index (Phi) is 7.19. The number of aromatic nitrogens is 1. The van der Waals surface area contributed by atoms with Gasteiger partial charge in [0, 0.05) is 25.7 Å². The maximum atomic E-state index is 12.6. The lowest BCUT2D eigenvalue weighted by Crippen LogP contribution is -2.52. The molecule has 1 aromatic carbocycles. The number of aliphatic carboxylic acids is 1. The maximum Gasteiger partial charge on any atom is 0.322 e. The number of hydrogen-bond donors (Lipinski definition) is 2. The Bertz CT molecular complexity index is 978. The number of hydrogen-bond acceptors (Lipinski definition) is 6. The first-order valence-corrected chi connectivity index (χ1v) is 9.84. The number of rotatable bonds is 8. The Morgan fingerprint density at radius 3 is 2.58 bits per heavy atom. The molecule has 0 saturated carbocycles. The highest BCUT2D eigenvalue weighted by Crippen LogP contribution is 2.20. The zero-order valence-corrected chi connectivity index (χ0v) is 17.2. The third-order valence-corrected chi connectivity index (χ3v) is 4.88. The van der Waals surface area contributed by atoms with Gasteiger partial charge in [-0.15, -0.1) is 0 Å². The number of piperidine rings is 1. The number of nitrogens with zero attached hydrogens (tertiary/aromatic N) is 2. The average Bonchev–Trinajstić information content (AvgIpc) is 2.75. The second kappa shape index (κ2) is 10.0. The van der Waals surface area contributed by atoms with Crippen LogP contribution in [0.1, 0.15) is 17.7 Å². The summed E-state index contributed by atoms with van der Waals surface area (Å²) in [5.74, 6) is -4.18. The molecule has 1 atom stereocenters. The van der Waals surface area contributed by atoms with E-state index < -0.39 is 36.0 Å². The highest BCUT2D eigenvalue weighted by atomic mass is 35.5. The van der Waals surface area contributed by atoms with Crippen molar-refractivity contribution in [2.75, 3.05) is 13.1 Å². The quantitative estimate of drug-likeness (QED) is 0.588. The number of likely N-dealkylation sites (tertiary alicyclic amines) is 1. The zero-order valence-electron chi connectivity index (χ0n) is 16.4. The molecule has 2 amide bonds. The van der Waals surface area contributed by atoms with E-state index in [2.05, 4.69) is 10.3 Å². The lowest BCUT2D eigenvalue weighted by molar-refractivity contribution is -0.152. The molecule has 1 aliphatic rings. The minimum Gasteiger partial charge on any atom is -0.487 e. The summed E-state index contributed by atoms with van der Waals surface area (Å²) >= 11 is 5.80. The molecular formula is C21H20ClN3O6. The summed E-state index contributed by atoms with van der Waals surface area (Å²) in [5.41, 5.74) is 1.52. The van der Waals surface area contributed by atoms with Crippen molar-refractivity contribution < 1.29 is 29.0 Å². The Morgan fingerprint density at radius 2 is 1.94 bits per heavy atom. The fourth-order valence-electron chi connectivity index (χ4n) is 3.06. The third kappa shape index (κ3) is 6.02. The monoisotopic (exact) mass is 445 g/mol.